The van der Waals surface area contributed by atoms with Gasteiger partial charge in [-0.05, 0) is 29.8 Å². The molecule has 3 rings (SSSR count). The highest BCUT2D eigenvalue weighted by molar-refractivity contribution is 7.99. The maximum atomic E-state index is 13.4. The zero-order valence-corrected chi connectivity index (χ0v) is 14.6. The van der Waals surface area contributed by atoms with Crippen molar-refractivity contribution in [3.05, 3.63) is 53.8 Å². The average molecular weight is 369 g/mol. The van der Waals surface area contributed by atoms with E-state index in [1.165, 1.54) is 30.0 Å². The van der Waals surface area contributed by atoms with Gasteiger partial charge < -0.3 is 10.6 Å². The number of carbonyl (C=O) groups is 2. The molecule has 7 heteroatoms. The van der Waals surface area contributed by atoms with Crippen LogP contribution in [0.25, 0.3) is 0 Å². The fourth-order valence-electron chi connectivity index (χ4n) is 2.79. The first kappa shape index (κ1) is 18.0. The summed E-state index contributed by atoms with van der Waals surface area (Å²) >= 11 is 1.48. The van der Waals surface area contributed by atoms with E-state index < -0.39 is 11.7 Å². The van der Waals surface area contributed by atoms with Gasteiger partial charge in [-0.1, -0.05) is 18.2 Å². The van der Waals surface area contributed by atoms with Crippen LogP contribution in [0.3, 0.4) is 0 Å². The molecule has 1 unspecified atom stereocenters. The van der Waals surface area contributed by atoms with Crippen LogP contribution in [0.2, 0.25) is 0 Å². The third kappa shape index (κ3) is 4.03. The van der Waals surface area contributed by atoms with Crippen molar-refractivity contribution in [3.63, 3.8) is 0 Å². The second kappa shape index (κ2) is 8.02. The molecule has 0 aromatic heterocycles. The number of rotatable bonds is 5. The third-order valence-electron chi connectivity index (χ3n) is 3.99. The lowest BCUT2D eigenvalue weighted by Crippen LogP contribution is -2.31. The maximum absolute atomic E-state index is 13.4. The number of anilines is 2. The molecular weight excluding hydrogens is 353 g/mol. The summed E-state index contributed by atoms with van der Waals surface area (Å²) in [5.74, 6) is -1.17. The van der Waals surface area contributed by atoms with Crippen molar-refractivity contribution < 1.29 is 14.0 Å². The van der Waals surface area contributed by atoms with Crippen molar-refractivity contribution in [1.29, 1.82) is 5.26 Å². The van der Waals surface area contributed by atoms with Crippen molar-refractivity contribution in [1.82, 2.24) is 0 Å². The number of amides is 2. The molecule has 0 saturated heterocycles. The number of fused-ring (bicyclic) bond motifs is 1. The number of nitriles is 1. The van der Waals surface area contributed by atoms with Crippen molar-refractivity contribution in [2.75, 3.05) is 16.4 Å². The van der Waals surface area contributed by atoms with Gasteiger partial charge in [-0.25, -0.2) is 4.39 Å². The highest BCUT2D eigenvalue weighted by Crippen LogP contribution is 2.35. The first-order chi connectivity index (χ1) is 12.6. The first-order valence-electron chi connectivity index (χ1n) is 8.07. The van der Waals surface area contributed by atoms with Gasteiger partial charge in [0.2, 0.25) is 11.8 Å². The Morgan fingerprint density at radius 1 is 1.35 bits per heavy atom. The smallest absolute Gasteiger partial charge is 0.232 e. The SMILES string of the molecule is N#CCCSc1ccccc1NC(=O)C1CC(=O)Nc2cc(F)ccc21. The van der Waals surface area contributed by atoms with E-state index in [0.29, 0.717) is 29.1 Å². The van der Waals surface area contributed by atoms with Crippen LogP contribution in [-0.4, -0.2) is 17.6 Å². The zero-order chi connectivity index (χ0) is 18.5. The number of hydrogen-bond donors (Lipinski definition) is 2. The van der Waals surface area contributed by atoms with Crippen LogP contribution in [0.1, 0.15) is 24.3 Å². The standard InChI is InChI=1S/C19H16FN3O2S/c20-12-6-7-13-14(11-18(24)22-16(13)10-12)19(25)23-15-4-1-2-5-17(15)26-9-3-8-21/h1-2,4-7,10,14H,3,9,11H2,(H,22,24)(H,23,25). The minimum Gasteiger partial charge on any atom is -0.326 e. The highest BCUT2D eigenvalue weighted by Gasteiger charge is 2.31. The Labute approximate surface area is 154 Å². The highest BCUT2D eigenvalue weighted by atomic mass is 32.2. The van der Waals surface area contributed by atoms with E-state index in [-0.39, 0.29) is 18.2 Å². The van der Waals surface area contributed by atoms with Gasteiger partial charge in [-0.15, -0.1) is 11.8 Å². The van der Waals surface area contributed by atoms with E-state index in [1.54, 1.807) is 12.1 Å². The lowest BCUT2D eigenvalue weighted by molar-refractivity contribution is -0.123. The molecule has 2 aromatic rings. The molecular formula is C19H16FN3O2S. The van der Waals surface area contributed by atoms with Gasteiger partial charge >= 0.3 is 0 Å². The summed E-state index contributed by atoms with van der Waals surface area (Å²) in [6, 6.07) is 13.4. The van der Waals surface area contributed by atoms with E-state index in [0.717, 1.165) is 4.90 Å². The summed E-state index contributed by atoms with van der Waals surface area (Å²) in [6.07, 6.45) is 0.420. The Balaban J connectivity index is 1.81. The van der Waals surface area contributed by atoms with Crippen LogP contribution in [0, 0.1) is 17.1 Å². The van der Waals surface area contributed by atoms with Crippen LogP contribution in [-0.2, 0) is 9.59 Å². The number of halogens is 1. The summed E-state index contributed by atoms with van der Waals surface area (Å²) < 4.78 is 13.4. The van der Waals surface area contributed by atoms with Gasteiger partial charge in [0.15, 0.2) is 0 Å². The van der Waals surface area contributed by atoms with Crippen molar-refractivity contribution in [2.45, 2.75) is 23.7 Å². The number of benzene rings is 2. The van der Waals surface area contributed by atoms with Gasteiger partial charge in [-0.3, -0.25) is 9.59 Å². The Bertz CT molecular complexity index is 895. The van der Waals surface area contributed by atoms with Crippen LogP contribution < -0.4 is 10.6 Å². The summed E-state index contributed by atoms with van der Waals surface area (Å²) in [7, 11) is 0. The molecule has 0 spiro atoms. The number of para-hydroxylation sites is 1. The normalized spacial score (nSPS) is 15.5. The molecule has 2 N–H and O–H groups in total. The lowest BCUT2D eigenvalue weighted by atomic mass is 9.89. The maximum Gasteiger partial charge on any atom is 0.232 e. The van der Waals surface area contributed by atoms with Gasteiger partial charge in [0.25, 0.3) is 0 Å². The molecule has 1 heterocycles. The Morgan fingerprint density at radius 3 is 2.96 bits per heavy atom. The predicted octanol–water partition coefficient (Wildman–Crippen LogP) is 3.90. The molecule has 5 nitrogen and oxygen atoms in total. The topological polar surface area (TPSA) is 82.0 Å². The van der Waals surface area contributed by atoms with Crippen molar-refractivity contribution in [2.24, 2.45) is 0 Å². The second-order valence-corrected chi connectivity index (χ2v) is 6.92. The number of hydrogen-bond acceptors (Lipinski definition) is 4. The molecule has 1 atom stereocenters. The quantitative estimate of drug-likeness (QED) is 0.619. The fourth-order valence-corrected chi connectivity index (χ4v) is 3.66. The van der Waals surface area contributed by atoms with Crippen molar-refractivity contribution >= 4 is 35.0 Å². The van der Waals surface area contributed by atoms with Gasteiger partial charge in [-0.2, -0.15) is 5.26 Å². The van der Waals surface area contributed by atoms with E-state index >= 15 is 0 Å². The first-order valence-corrected chi connectivity index (χ1v) is 9.06. The molecule has 2 aromatic carbocycles. The van der Waals surface area contributed by atoms with E-state index in [2.05, 4.69) is 16.7 Å². The minimum atomic E-state index is -0.684. The molecule has 1 aliphatic rings. The Kier molecular flexibility index (Phi) is 5.54. The largest absolute Gasteiger partial charge is 0.326 e. The fraction of sp³-hybridized carbons (Fsp3) is 0.211. The van der Waals surface area contributed by atoms with Gasteiger partial charge in [0, 0.05) is 29.2 Å². The Hall–Kier alpha value is -2.85. The summed E-state index contributed by atoms with van der Waals surface area (Å²) in [5, 5.41) is 14.1. The van der Waals surface area contributed by atoms with Crippen LogP contribution in [0.5, 0.6) is 0 Å². The molecule has 132 valence electrons. The zero-order valence-electron chi connectivity index (χ0n) is 13.8. The van der Waals surface area contributed by atoms with Crippen LogP contribution >= 0.6 is 11.8 Å². The minimum absolute atomic E-state index is 0.00814. The monoisotopic (exact) mass is 369 g/mol. The molecule has 2 amide bonds. The van der Waals surface area contributed by atoms with E-state index in [9.17, 15) is 14.0 Å². The number of nitrogens with zero attached hydrogens (tertiary/aromatic N) is 1. The van der Waals surface area contributed by atoms with Crippen molar-refractivity contribution in [3.8, 4) is 6.07 Å². The number of carbonyl (C=O) groups excluding carboxylic acids is 2. The summed E-state index contributed by atoms with van der Waals surface area (Å²) in [6.45, 7) is 0. The molecule has 26 heavy (non-hydrogen) atoms. The molecule has 1 aliphatic heterocycles. The summed E-state index contributed by atoms with van der Waals surface area (Å²) in [4.78, 5) is 25.6. The predicted molar refractivity (Wildman–Crippen MR) is 98.4 cm³/mol. The number of nitrogens with one attached hydrogen (secondary N) is 2. The molecule has 0 fully saturated rings. The van der Waals surface area contributed by atoms with E-state index in [4.69, 9.17) is 5.26 Å². The molecule has 0 aliphatic carbocycles. The average Bonchev–Trinajstić information content (AvgIpc) is 2.62. The van der Waals surface area contributed by atoms with Gasteiger partial charge in [0.05, 0.1) is 17.7 Å². The van der Waals surface area contributed by atoms with E-state index in [1.807, 2.05) is 12.1 Å². The lowest BCUT2D eigenvalue weighted by Gasteiger charge is -2.25. The molecule has 0 saturated carbocycles. The second-order valence-electron chi connectivity index (χ2n) is 5.78. The third-order valence-corrected chi connectivity index (χ3v) is 5.06. The van der Waals surface area contributed by atoms with Crippen LogP contribution in [0.15, 0.2) is 47.4 Å². The summed E-state index contributed by atoms with van der Waals surface area (Å²) in [5.41, 5.74) is 1.56. The number of thioether (sulfide) groups is 1. The Morgan fingerprint density at radius 2 is 2.15 bits per heavy atom. The van der Waals surface area contributed by atoms with Gasteiger partial charge in [0.1, 0.15) is 5.82 Å². The molecule has 0 bridgehead atoms. The van der Waals surface area contributed by atoms with Crippen LogP contribution in [0.4, 0.5) is 15.8 Å². The molecule has 0 radical (unpaired) electrons.